The number of benzene rings is 2. The summed E-state index contributed by atoms with van der Waals surface area (Å²) in [5.74, 6) is 0.0552. The van der Waals surface area contributed by atoms with E-state index in [4.69, 9.17) is 14.0 Å². The van der Waals surface area contributed by atoms with E-state index in [9.17, 15) is 9.59 Å². The van der Waals surface area contributed by atoms with Crippen LogP contribution in [0.5, 0.6) is 0 Å². The van der Waals surface area contributed by atoms with Crippen molar-refractivity contribution in [2.45, 2.75) is 37.7 Å². The standard InChI is InChI=1S/C23H26N4O4S/c1-23(2,3)30-19(28)12-13-25-21(29)17-7-5-6-16(14-17)20-26-22(31-27-20)15-8-10-18(11-9-15)32(4)24/h5-11,14,24H,12-13H2,1-4H3,(H,25,29). The highest BCUT2D eigenvalue weighted by atomic mass is 32.2. The molecular weight excluding hydrogens is 428 g/mol. The first kappa shape index (κ1) is 23.3. The average Bonchev–Trinajstić information content (AvgIpc) is 3.23. The highest BCUT2D eigenvalue weighted by molar-refractivity contribution is 7.85. The number of hydrogen-bond acceptors (Lipinski definition) is 7. The van der Waals surface area contributed by atoms with Crippen molar-refractivity contribution in [2.75, 3.05) is 12.8 Å². The number of aromatic nitrogens is 2. The summed E-state index contributed by atoms with van der Waals surface area (Å²) in [5.41, 5.74) is 1.26. The summed E-state index contributed by atoms with van der Waals surface area (Å²) in [5, 5.41) is 6.75. The van der Waals surface area contributed by atoms with Crippen molar-refractivity contribution in [3.8, 4) is 22.8 Å². The Balaban J connectivity index is 1.65. The molecule has 2 N–H and O–H groups in total. The molecule has 0 aliphatic carbocycles. The van der Waals surface area contributed by atoms with Crippen molar-refractivity contribution in [3.63, 3.8) is 0 Å². The third kappa shape index (κ3) is 6.34. The highest BCUT2D eigenvalue weighted by Crippen LogP contribution is 2.23. The molecule has 9 heteroatoms. The molecule has 1 heterocycles. The van der Waals surface area contributed by atoms with Crippen LogP contribution in [0.1, 0.15) is 37.6 Å². The number of carbonyl (C=O) groups excluding carboxylic acids is 2. The van der Waals surface area contributed by atoms with E-state index in [0.29, 0.717) is 22.8 Å². The number of carbonyl (C=O) groups is 2. The van der Waals surface area contributed by atoms with Gasteiger partial charge in [0.05, 0.1) is 6.42 Å². The van der Waals surface area contributed by atoms with Gasteiger partial charge < -0.3 is 14.6 Å². The molecule has 0 saturated carbocycles. The van der Waals surface area contributed by atoms with Gasteiger partial charge in [-0.3, -0.25) is 14.4 Å². The summed E-state index contributed by atoms with van der Waals surface area (Å²) in [7, 11) is -0.566. The summed E-state index contributed by atoms with van der Waals surface area (Å²) in [4.78, 5) is 29.6. The van der Waals surface area contributed by atoms with Crippen LogP contribution in [0.4, 0.5) is 0 Å². The molecule has 1 aromatic heterocycles. The van der Waals surface area contributed by atoms with Gasteiger partial charge in [-0.2, -0.15) is 4.98 Å². The predicted molar refractivity (Wildman–Crippen MR) is 122 cm³/mol. The summed E-state index contributed by atoms with van der Waals surface area (Å²) >= 11 is 0. The first-order valence-corrected chi connectivity index (χ1v) is 11.7. The lowest BCUT2D eigenvalue weighted by Crippen LogP contribution is -2.29. The summed E-state index contributed by atoms with van der Waals surface area (Å²) in [6, 6.07) is 14.3. The number of amides is 1. The zero-order chi connectivity index (χ0) is 23.3. The summed E-state index contributed by atoms with van der Waals surface area (Å²) in [6.45, 7) is 5.57. The molecule has 2 aromatic carbocycles. The number of rotatable bonds is 7. The molecular formula is C23H26N4O4S. The van der Waals surface area contributed by atoms with Gasteiger partial charge >= 0.3 is 5.97 Å². The average molecular weight is 455 g/mol. The molecule has 1 amide bonds. The Morgan fingerprint density at radius 3 is 2.50 bits per heavy atom. The lowest BCUT2D eigenvalue weighted by molar-refractivity contribution is -0.154. The molecule has 0 radical (unpaired) electrons. The molecule has 0 fully saturated rings. The molecule has 32 heavy (non-hydrogen) atoms. The minimum absolute atomic E-state index is 0.0924. The molecule has 8 nitrogen and oxygen atoms in total. The predicted octanol–water partition coefficient (Wildman–Crippen LogP) is 4.23. The zero-order valence-corrected chi connectivity index (χ0v) is 19.3. The Labute approximate surface area is 189 Å². The van der Waals surface area contributed by atoms with Crippen LogP contribution >= 0.6 is 0 Å². The minimum Gasteiger partial charge on any atom is -0.460 e. The smallest absolute Gasteiger partial charge is 0.308 e. The van der Waals surface area contributed by atoms with Crippen molar-refractivity contribution in [1.29, 1.82) is 4.78 Å². The van der Waals surface area contributed by atoms with E-state index < -0.39 is 16.3 Å². The molecule has 0 aliphatic rings. The van der Waals surface area contributed by atoms with Gasteiger partial charge in [0.1, 0.15) is 5.60 Å². The lowest BCUT2D eigenvalue weighted by atomic mass is 10.1. The van der Waals surface area contributed by atoms with Crippen LogP contribution in [0.25, 0.3) is 22.8 Å². The van der Waals surface area contributed by atoms with Crippen LogP contribution < -0.4 is 5.32 Å². The Morgan fingerprint density at radius 1 is 1.12 bits per heavy atom. The molecule has 0 saturated heterocycles. The first-order valence-electron chi connectivity index (χ1n) is 10.0. The number of nitrogens with zero attached hydrogens (tertiary/aromatic N) is 2. The maximum absolute atomic E-state index is 12.5. The van der Waals surface area contributed by atoms with Crippen LogP contribution in [0, 0.1) is 4.78 Å². The minimum atomic E-state index is -0.566. The Kier molecular flexibility index (Phi) is 7.19. The maximum Gasteiger partial charge on any atom is 0.308 e. The topological polar surface area (TPSA) is 118 Å². The SMILES string of the molecule is CS(=N)c1ccc(-c2nc(-c3cccc(C(=O)NCCC(=O)OC(C)(C)C)c3)no2)cc1. The van der Waals surface area contributed by atoms with Gasteiger partial charge in [-0.05, 0) is 63.4 Å². The number of hydrogen-bond donors (Lipinski definition) is 2. The van der Waals surface area contributed by atoms with Gasteiger partial charge in [-0.25, -0.2) is 0 Å². The lowest BCUT2D eigenvalue weighted by Gasteiger charge is -2.19. The van der Waals surface area contributed by atoms with Crippen molar-refractivity contribution < 1.29 is 18.8 Å². The van der Waals surface area contributed by atoms with E-state index in [0.717, 1.165) is 10.5 Å². The fraction of sp³-hybridized carbons (Fsp3) is 0.304. The van der Waals surface area contributed by atoms with Crippen molar-refractivity contribution in [1.82, 2.24) is 15.5 Å². The molecule has 168 valence electrons. The van der Waals surface area contributed by atoms with Crippen molar-refractivity contribution in [2.24, 2.45) is 0 Å². The quantitative estimate of drug-likeness (QED) is 0.516. The molecule has 0 aliphatic heterocycles. The van der Waals surface area contributed by atoms with E-state index in [-0.39, 0.29) is 24.8 Å². The van der Waals surface area contributed by atoms with Gasteiger partial charge in [-0.1, -0.05) is 28.0 Å². The largest absolute Gasteiger partial charge is 0.460 e. The molecule has 0 bridgehead atoms. The van der Waals surface area contributed by atoms with Crippen LogP contribution in [0.2, 0.25) is 0 Å². The van der Waals surface area contributed by atoms with Gasteiger partial charge in [0, 0.05) is 28.1 Å². The van der Waals surface area contributed by atoms with E-state index in [1.54, 1.807) is 45.0 Å². The summed E-state index contributed by atoms with van der Waals surface area (Å²) in [6.07, 6.45) is 1.93. The molecule has 3 aromatic rings. The molecule has 0 spiro atoms. The maximum atomic E-state index is 12.5. The van der Waals surface area contributed by atoms with Gasteiger partial charge in [0.15, 0.2) is 0 Å². The second-order valence-corrected chi connectivity index (χ2v) is 9.62. The fourth-order valence-corrected chi connectivity index (χ4v) is 3.38. The Morgan fingerprint density at radius 2 is 1.84 bits per heavy atom. The second-order valence-electron chi connectivity index (χ2n) is 8.13. The number of ether oxygens (including phenoxy) is 1. The van der Waals surface area contributed by atoms with Crippen molar-refractivity contribution >= 4 is 22.6 Å². The third-order valence-corrected chi connectivity index (χ3v) is 5.28. The van der Waals surface area contributed by atoms with Gasteiger partial charge in [-0.15, -0.1) is 0 Å². The third-order valence-electron chi connectivity index (χ3n) is 4.30. The monoisotopic (exact) mass is 454 g/mol. The highest BCUT2D eigenvalue weighted by Gasteiger charge is 2.17. The zero-order valence-electron chi connectivity index (χ0n) is 18.5. The summed E-state index contributed by atoms with van der Waals surface area (Å²) < 4.78 is 18.4. The van der Waals surface area contributed by atoms with Crippen LogP contribution in [0.15, 0.2) is 57.9 Å². The van der Waals surface area contributed by atoms with E-state index in [1.807, 2.05) is 30.5 Å². The molecule has 1 atom stereocenters. The molecule has 3 rings (SSSR count). The van der Waals surface area contributed by atoms with E-state index in [1.165, 1.54) is 0 Å². The molecule has 1 unspecified atom stereocenters. The number of esters is 1. The van der Waals surface area contributed by atoms with Crippen LogP contribution in [0.3, 0.4) is 0 Å². The van der Waals surface area contributed by atoms with Gasteiger partial charge in [0.25, 0.3) is 11.8 Å². The second kappa shape index (κ2) is 9.86. The number of nitrogens with one attached hydrogen (secondary N) is 2. The first-order chi connectivity index (χ1) is 15.1. The van der Waals surface area contributed by atoms with E-state index >= 15 is 0 Å². The Bertz CT molecular complexity index is 1130. The van der Waals surface area contributed by atoms with Crippen LogP contribution in [-0.2, 0) is 20.2 Å². The van der Waals surface area contributed by atoms with Crippen LogP contribution in [-0.4, -0.2) is 40.4 Å². The van der Waals surface area contributed by atoms with E-state index in [2.05, 4.69) is 15.5 Å². The van der Waals surface area contributed by atoms with Crippen molar-refractivity contribution in [3.05, 3.63) is 54.1 Å². The fourth-order valence-electron chi connectivity index (χ4n) is 2.83. The normalized spacial score (nSPS) is 12.2. The Hall–Kier alpha value is -3.33. The van der Waals surface area contributed by atoms with Gasteiger partial charge in [0.2, 0.25) is 5.82 Å².